The minimum absolute atomic E-state index is 0.0143. The van der Waals surface area contributed by atoms with Crippen molar-refractivity contribution >= 4 is 51.7 Å². The van der Waals surface area contributed by atoms with Gasteiger partial charge < -0.3 is 9.31 Å². The molecule has 0 aliphatic carbocycles. The summed E-state index contributed by atoms with van der Waals surface area (Å²) in [4.78, 5) is 0. The number of halogens is 3. The van der Waals surface area contributed by atoms with Gasteiger partial charge >= 0.3 is 7.12 Å². The Hall–Kier alpha value is -0.955. The van der Waals surface area contributed by atoms with Crippen molar-refractivity contribution in [2.24, 2.45) is 5.41 Å². The van der Waals surface area contributed by atoms with E-state index in [-0.39, 0.29) is 5.41 Å². The zero-order chi connectivity index (χ0) is 18.0. The Morgan fingerprint density at radius 1 is 0.960 bits per heavy atom. The smallest absolute Gasteiger partial charge is 0.407 e. The normalized spacial score (nSPS) is 16.3. The van der Waals surface area contributed by atoms with Crippen molar-refractivity contribution in [2.45, 2.75) is 13.8 Å². The standard InChI is InChI=1S/C19H16BBrCl2O2/c1-19(2)11-24-20(25-12-19)17-7-5-15(22)9-13(17)3-4-14-10-16(23)6-8-18(14)21/h5-10H,11-12H2,1-2H3. The SMILES string of the molecule is CC1(C)COB(c2ccc(Cl)cc2C#Cc2cc(Cl)ccc2Br)OC1. The van der Waals surface area contributed by atoms with Crippen LogP contribution in [0.15, 0.2) is 40.9 Å². The van der Waals surface area contributed by atoms with Crippen LogP contribution in [-0.2, 0) is 9.31 Å². The van der Waals surface area contributed by atoms with Crippen molar-refractivity contribution in [3.8, 4) is 11.8 Å². The van der Waals surface area contributed by atoms with E-state index in [1.165, 1.54) is 0 Å². The molecule has 2 nitrogen and oxygen atoms in total. The quantitative estimate of drug-likeness (QED) is 0.465. The van der Waals surface area contributed by atoms with Gasteiger partial charge in [-0.3, -0.25) is 0 Å². The molecule has 0 spiro atoms. The van der Waals surface area contributed by atoms with Gasteiger partial charge in [-0.15, -0.1) is 0 Å². The van der Waals surface area contributed by atoms with Crippen LogP contribution in [0.4, 0.5) is 0 Å². The van der Waals surface area contributed by atoms with Gasteiger partial charge in [0, 0.05) is 44.3 Å². The Labute approximate surface area is 167 Å². The lowest BCUT2D eigenvalue weighted by molar-refractivity contribution is 0.0343. The average Bonchev–Trinajstić information content (AvgIpc) is 2.56. The zero-order valence-corrected chi connectivity index (χ0v) is 17.0. The minimum Gasteiger partial charge on any atom is -0.407 e. The lowest BCUT2D eigenvalue weighted by atomic mass is 9.73. The van der Waals surface area contributed by atoms with Gasteiger partial charge in [0.25, 0.3) is 0 Å². The fourth-order valence-electron chi connectivity index (χ4n) is 2.44. The number of hydrogen-bond acceptors (Lipinski definition) is 2. The van der Waals surface area contributed by atoms with E-state index in [2.05, 4.69) is 41.6 Å². The van der Waals surface area contributed by atoms with E-state index in [1.807, 2.05) is 36.4 Å². The molecule has 0 saturated carbocycles. The van der Waals surface area contributed by atoms with Crippen molar-refractivity contribution < 1.29 is 9.31 Å². The lowest BCUT2D eigenvalue weighted by Crippen LogP contribution is -2.48. The molecule has 0 aromatic heterocycles. The Balaban J connectivity index is 1.93. The van der Waals surface area contributed by atoms with E-state index in [4.69, 9.17) is 32.5 Å². The molecule has 0 N–H and O–H groups in total. The molecule has 0 atom stereocenters. The van der Waals surface area contributed by atoms with Crippen LogP contribution in [-0.4, -0.2) is 20.3 Å². The summed E-state index contributed by atoms with van der Waals surface area (Å²) in [6.07, 6.45) is 0. The van der Waals surface area contributed by atoms with Crippen LogP contribution in [0.25, 0.3) is 0 Å². The average molecular weight is 438 g/mol. The summed E-state index contributed by atoms with van der Waals surface area (Å²) < 4.78 is 12.7. The first-order valence-corrected chi connectivity index (χ1v) is 9.39. The van der Waals surface area contributed by atoms with E-state index in [0.29, 0.717) is 23.3 Å². The highest BCUT2D eigenvalue weighted by Crippen LogP contribution is 2.23. The molecule has 1 aliphatic heterocycles. The molecule has 25 heavy (non-hydrogen) atoms. The summed E-state index contributed by atoms with van der Waals surface area (Å²) in [6.45, 7) is 5.49. The summed E-state index contributed by atoms with van der Waals surface area (Å²) >= 11 is 15.7. The third-order valence-corrected chi connectivity index (χ3v) is 4.94. The molecule has 6 heteroatoms. The fourth-order valence-corrected chi connectivity index (χ4v) is 3.13. The molecule has 2 aromatic rings. The first kappa shape index (κ1) is 18.8. The van der Waals surface area contributed by atoms with Crippen LogP contribution in [0.5, 0.6) is 0 Å². The summed E-state index contributed by atoms with van der Waals surface area (Å²) in [5, 5.41) is 1.26. The molecule has 0 amide bonds. The summed E-state index contributed by atoms with van der Waals surface area (Å²) in [7, 11) is -0.433. The lowest BCUT2D eigenvalue weighted by Gasteiger charge is -2.33. The molecule has 2 aromatic carbocycles. The number of benzene rings is 2. The minimum atomic E-state index is -0.433. The maximum Gasteiger partial charge on any atom is 0.495 e. The highest BCUT2D eigenvalue weighted by atomic mass is 79.9. The van der Waals surface area contributed by atoms with Gasteiger partial charge in [0.05, 0.1) is 0 Å². The Morgan fingerprint density at radius 2 is 1.52 bits per heavy atom. The zero-order valence-electron chi connectivity index (χ0n) is 13.9. The second kappa shape index (κ2) is 7.74. The van der Waals surface area contributed by atoms with Crippen LogP contribution in [0, 0.1) is 17.3 Å². The molecule has 0 bridgehead atoms. The molecule has 1 saturated heterocycles. The largest absolute Gasteiger partial charge is 0.495 e. The van der Waals surface area contributed by atoms with Crippen LogP contribution >= 0.6 is 39.1 Å². The highest BCUT2D eigenvalue weighted by Gasteiger charge is 2.34. The Bertz CT molecular complexity index is 848. The van der Waals surface area contributed by atoms with Crippen molar-refractivity contribution in [3.05, 3.63) is 62.0 Å². The van der Waals surface area contributed by atoms with Crippen molar-refractivity contribution in [1.82, 2.24) is 0 Å². The van der Waals surface area contributed by atoms with Gasteiger partial charge in [-0.1, -0.05) is 55.0 Å². The Morgan fingerprint density at radius 3 is 2.20 bits per heavy atom. The monoisotopic (exact) mass is 436 g/mol. The first-order valence-electron chi connectivity index (χ1n) is 7.84. The molecular formula is C19H16BBrCl2O2. The van der Waals surface area contributed by atoms with Crippen LogP contribution in [0.3, 0.4) is 0 Å². The van der Waals surface area contributed by atoms with Gasteiger partial charge in [-0.05, 0) is 51.7 Å². The van der Waals surface area contributed by atoms with Gasteiger partial charge in [0.1, 0.15) is 0 Å². The van der Waals surface area contributed by atoms with Crippen molar-refractivity contribution in [2.75, 3.05) is 13.2 Å². The molecule has 1 aliphatic rings. The van der Waals surface area contributed by atoms with Crippen LogP contribution < -0.4 is 5.46 Å². The van der Waals surface area contributed by atoms with Crippen molar-refractivity contribution in [1.29, 1.82) is 0 Å². The number of rotatable bonds is 1. The predicted molar refractivity (Wildman–Crippen MR) is 108 cm³/mol. The maximum absolute atomic E-state index is 6.16. The summed E-state index contributed by atoms with van der Waals surface area (Å²) in [5.41, 5.74) is 2.49. The van der Waals surface area contributed by atoms with Crippen LogP contribution in [0.1, 0.15) is 25.0 Å². The van der Waals surface area contributed by atoms with Gasteiger partial charge in [0.15, 0.2) is 0 Å². The second-order valence-corrected chi connectivity index (χ2v) is 8.45. The number of hydrogen-bond donors (Lipinski definition) is 0. The third kappa shape index (κ3) is 4.81. The van der Waals surface area contributed by atoms with Gasteiger partial charge in [0.2, 0.25) is 0 Å². The molecule has 0 unspecified atom stereocenters. The maximum atomic E-state index is 6.16. The summed E-state index contributed by atoms with van der Waals surface area (Å²) in [6, 6.07) is 11.1. The van der Waals surface area contributed by atoms with E-state index < -0.39 is 7.12 Å². The molecule has 1 heterocycles. The first-order chi connectivity index (χ1) is 11.8. The van der Waals surface area contributed by atoms with Crippen LogP contribution in [0.2, 0.25) is 10.0 Å². The molecule has 0 radical (unpaired) electrons. The second-order valence-electron chi connectivity index (χ2n) is 6.72. The van der Waals surface area contributed by atoms with Gasteiger partial charge in [-0.25, -0.2) is 0 Å². The predicted octanol–water partition coefficient (Wildman–Crippen LogP) is 4.92. The Kier molecular flexibility index (Phi) is 5.83. The van der Waals surface area contributed by atoms with E-state index in [9.17, 15) is 0 Å². The van der Waals surface area contributed by atoms with E-state index in [0.717, 1.165) is 21.1 Å². The van der Waals surface area contributed by atoms with Gasteiger partial charge in [-0.2, -0.15) is 0 Å². The summed E-state index contributed by atoms with van der Waals surface area (Å²) in [5.74, 6) is 6.32. The molecular weight excluding hydrogens is 422 g/mol. The highest BCUT2D eigenvalue weighted by molar-refractivity contribution is 9.10. The third-order valence-electron chi connectivity index (χ3n) is 3.78. The van der Waals surface area contributed by atoms with E-state index in [1.54, 1.807) is 0 Å². The van der Waals surface area contributed by atoms with E-state index >= 15 is 0 Å². The molecule has 1 fully saturated rings. The topological polar surface area (TPSA) is 18.5 Å². The molecule has 128 valence electrons. The fraction of sp³-hybridized carbons (Fsp3) is 0.263. The van der Waals surface area contributed by atoms with Crippen molar-refractivity contribution in [3.63, 3.8) is 0 Å². The molecule has 3 rings (SSSR count).